The minimum atomic E-state index is -0.680. The topological polar surface area (TPSA) is 149 Å². The molecule has 1 saturated heterocycles. The van der Waals surface area contributed by atoms with Gasteiger partial charge in [0.15, 0.2) is 5.82 Å². The number of aromatic nitrogens is 2. The molecule has 0 saturated carbocycles. The average molecular weight is 584 g/mol. The lowest BCUT2D eigenvalue weighted by molar-refractivity contribution is -0.555. The number of hydrogen-bond acceptors (Lipinski definition) is 7. The maximum absolute atomic E-state index is 14.4. The number of fused-ring (bicyclic) bond motifs is 1. The Morgan fingerprint density at radius 1 is 0.977 bits per heavy atom. The number of rotatable bonds is 8. The van der Waals surface area contributed by atoms with Crippen LogP contribution in [0.2, 0.25) is 0 Å². The first-order valence-corrected chi connectivity index (χ1v) is 13.7. The van der Waals surface area contributed by atoms with Gasteiger partial charge in [-0.15, -0.1) is 0 Å². The Kier molecular flexibility index (Phi) is 8.99. The number of halogens is 1. The lowest BCUT2D eigenvalue weighted by Crippen LogP contribution is -2.72. The maximum Gasteiger partial charge on any atom is 0.323 e. The predicted octanol–water partition coefficient (Wildman–Crippen LogP) is 4.06. The van der Waals surface area contributed by atoms with Gasteiger partial charge in [0.25, 0.3) is 0 Å². The van der Waals surface area contributed by atoms with E-state index in [1.54, 1.807) is 12.1 Å². The van der Waals surface area contributed by atoms with Crippen LogP contribution in [0, 0.1) is 11.2 Å². The summed E-state index contributed by atoms with van der Waals surface area (Å²) in [5, 5.41) is 18.3. The molecule has 5 rings (SSSR count). The minimum Gasteiger partial charge on any atom is -0.378 e. The SMILES string of the molecule is C[NH2+]/C=C(\C=N)c1ccc2c(N3CCOCC3)nc(-c3ccc(NC(=O)Nc4ccc(NC(C)=O)cc4F)cc3)nc2c1. The molecule has 11 nitrogen and oxygen atoms in total. The summed E-state index contributed by atoms with van der Waals surface area (Å²) in [6.45, 7) is 3.96. The van der Waals surface area contributed by atoms with Crippen LogP contribution in [0.25, 0.3) is 27.9 Å². The van der Waals surface area contributed by atoms with E-state index in [9.17, 15) is 14.0 Å². The minimum absolute atomic E-state index is 0.0272. The van der Waals surface area contributed by atoms with Gasteiger partial charge in [-0.3, -0.25) is 4.79 Å². The first-order chi connectivity index (χ1) is 20.8. The largest absolute Gasteiger partial charge is 0.378 e. The Hall–Kier alpha value is -5.20. The molecule has 2 heterocycles. The number of carbonyl (C=O) groups excluding carboxylic acids is 2. The summed E-state index contributed by atoms with van der Waals surface area (Å²) >= 11 is 0. The third-order valence-corrected chi connectivity index (χ3v) is 6.76. The molecule has 3 aromatic carbocycles. The molecule has 0 atom stereocenters. The summed E-state index contributed by atoms with van der Waals surface area (Å²) < 4.78 is 20.0. The van der Waals surface area contributed by atoms with Gasteiger partial charge in [-0.2, -0.15) is 0 Å². The smallest absolute Gasteiger partial charge is 0.323 e. The Bertz CT molecular complexity index is 1700. The van der Waals surface area contributed by atoms with Crippen molar-refractivity contribution in [2.45, 2.75) is 6.92 Å². The number of amides is 3. The number of nitrogens with one attached hydrogen (secondary N) is 4. The number of benzene rings is 3. The molecule has 0 spiro atoms. The molecule has 0 aliphatic carbocycles. The lowest BCUT2D eigenvalue weighted by Gasteiger charge is -2.29. The number of hydrogen-bond donors (Lipinski definition) is 5. The van der Waals surface area contributed by atoms with Crippen LogP contribution in [0.15, 0.2) is 66.9 Å². The van der Waals surface area contributed by atoms with Crippen LogP contribution in [0.4, 0.5) is 32.1 Å². The van der Waals surface area contributed by atoms with Crippen molar-refractivity contribution >= 4 is 57.5 Å². The van der Waals surface area contributed by atoms with E-state index in [-0.39, 0.29) is 11.6 Å². The van der Waals surface area contributed by atoms with Crippen molar-refractivity contribution in [1.29, 1.82) is 5.41 Å². The highest BCUT2D eigenvalue weighted by molar-refractivity contribution is 6.09. The van der Waals surface area contributed by atoms with Crippen molar-refractivity contribution in [3.63, 3.8) is 0 Å². The first-order valence-electron chi connectivity index (χ1n) is 13.7. The number of quaternary nitrogens is 1. The fraction of sp³-hybridized carbons (Fsp3) is 0.194. The number of urea groups is 1. The Morgan fingerprint density at radius 3 is 2.40 bits per heavy atom. The molecule has 220 valence electrons. The molecule has 4 aromatic rings. The summed E-state index contributed by atoms with van der Waals surface area (Å²) in [5.41, 5.74) is 3.91. The maximum atomic E-state index is 14.4. The zero-order valence-electron chi connectivity index (χ0n) is 23.8. The van der Waals surface area contributed by atoms with Gasteiger partial charge in [0.2, 0.25) is 5.91 Å². The highest BCUT2D eigenvalue weighted by Crippen LogP contribution is 2.30. The molecular weight excluding hydrogens is 551 g/mol. The molecule has 1 fully saturated rings. The Labute approximate surface area is 247 Å². The van der Waals surface area contributed by atoms with Gasteiger partial charge >= 0.3 is 6.03 Å². The van der Waals surface area contributed by atoms with Crippen LogP contribution in [-0.2, 0) is 9.53 Å². The second-order valence-corrected chi connectivity index (χ2v) is 9.83. The number of anilines is 4. The summed E-state index contributed by atoms with van der Waals surface area (Å²) in [5.74, 6) is 0.328. The summed E-state index contributed by atoms with van der Waals surface area (Å²) in [6.07, 6.45) is 3.21. The molecular formula is C31H32FN8O3+. The van der Waals surface area contributed by atoms with Gasteiger partial charge < -0.3 is 36.3 Å². The van der Waals surface area contributed by atoms with Crippen LogP contribution in [0.3, 0.4) is 0 Å². The van der Waals surface area contributed by atoms with Crippen LogP contribution < -0.4 is 26.2 Å². The van der Waals surface area contributed by atoms with Crippen molar-refractivity contribution in [1.82, 2.24) is 9.97 Å². The number of nitrogens with two attached hydrogens (primary N) is 1. The predicted molar refractivity (Wildman–Crippen MR) is 166 cm³/mol. The van der Waals surface area contributed by atoms with Gasteiger partial charge in [-0.1, -0.05) is 6.07 Å². The Morgan fingerprint density at radius 2 is 1.72 bits per heavy atom. The zero-order valence-corrected chi connectivity index (χ0v) is 23.8. The van der Waals surface area contributed by atoms with E-state index in [2.05, 4.69) is 20.9 Å². The van der Waals surface area contributed by atoms with Crippen LogP contribution >= 0.6 is 0 Å². The van der Waals surface area contributed by atoms with Gasteiger partial charge in [-0.25, -0.2) is 19.2 Å². The normalized spacial score (nSPS) is 13.5. The van der Waals surface area contributed by atoms with E-state index in [1.807, 2.05) is 48.9 Å². The average Bonchev–Trinajstić information content (AvgIpc) is 3.01. The van der Waals surface area contributed by atoms with Crippen molar-refractivity contribution in [2.75, 3.05) is 54.2 Å². The number of ether oxygens (including phenoxy) is 1. The summed E-state index contributed by atoms with van der Waals surface area (Å²) in [7, 11) is 1.91. The Balaban J connectivity index is 1.39. The zero-order chi connectivity index (χ0) is 30.3. The van der Waals surface area contributed by atoms with Gasteiger partial charge in [0.1, 0.15) is 17.8 Å². The number of carbonyl (C=O) groups is 2. The lowest BCUT2D eigenvalue weighted by atomic mass is 10.0. The molecule has 0 bridgehead atoms. The van der Waals surface area contributed by atoms with Gasteiger partial charge in [0, 0.05) is 48.6 Å². The number of morpholine rings is 1. The third kappa shape index (κ3) is 7.00. The molecule has 12 heteroatoms. The number of allylic oxidation sites excluding steroid dienone is 1. The molecule has 6 N–H and O–H groups in total. The van der Waals surface area contributed by atoms with Crippen LogP contribution in [0.5, 0.6) is 0 Å². The second kappa shape index (κ2) is 13.2. The van der Waals surface area contributed by atoms with Crippen LogP contribution in [-0.4, -0.2) is 61.5 Å². The second-order valence-electron chi connectivity index (χ2n) is 9.83. The van der Waals surface area contributed by atoms with E-state index in [0.29, 0.717) is 43.5 Å². The van der Waals surface area contributed by atoms with E-state index >= 15 is 0 Å². The molecule has 1 aromatic heterocycles. The summed E-state index contributed by atoms with van der Waals surface area (Å²) in [6, 6.07) is 16.4. The van der Waals surface area contributed by atoms with Crippen LogP contribution in [0.1, 0.15) is 12.5 Å². The fourth-order valence-corrected chi connectivity index (χ4v) is 4.73. The highest BCUT2D eigenvalue weighted by Gasteiger charge is 2.19. The molecule has 1 aliphatic heterocycles. The molecule has 43 heavy (non-hydrogen) atoms. The van der Waals surface area contributed by atoms with Crippen molar-refractivity contribution in [3.8, 4) is 11.4 Å². The van der Waals surface area contributed by atoms with Crippen molar-refractivity contribution in [3.05, 3.63) is 78.2 Å². The van der Waals surface area contributed by atoms with E-state index in [4.69, 9.17) is 20.1 Å². The monoisotopic (exact) mass is 583 g/mol. The molecule has 0 radical (unpaired) electrons. The standard InChI is InChI=1S/C31H31FN8O3/c1-19(41)35-24-8-10-27(26(32)16-24)38-31(42)36-23-6-3-20(4-7-23)29-37-28-15-21(22(17-33)18-34-2)5-9-25(28)30(39-29)40-11-13-43-14-12-40/h3-10,15-18,33-34H,11-14H2,1-2H3,(H,35,41)(H2,36,38,42)/p+1/b22-18+,33-17?. The van der Waals surface area contributed by atoms with E-state index in [0.717, 1.165) is 39.5 Å². The molecule has 1 aliphatic rings. The van der Waals surface area contributed by atoms with E-state index < -0.39 is 11.8 Å². The molecule has 0 unspecified atom stereocenters. The highest BCUT2D eigenvalue weighted by atomic mass is 19.1. The third-order valence-electron chi connectivity index (χ3n) is 6.76. The number of nitrogens with zero attached hydrogens (tertiary/aromatic N) is 3. The quantitative estimate of drug-likeness (QED) is 0.198. The van der Waals surface area contributed by atoms with Crippen molar-refractivity contribution < 1.29 is 24.0 Å². The van der Waals surface area contributed by atoms with E-state index in [1.165, 1.54) is 25.3 Å². The van der Waals surface area contributed by atoms with Gasteiger partial charge in [0.05, 0.1) is 37.0 Å². The first kappa shape index (κ1) is 29.3. The summed E-state index contributed by atoms with van der Waals surface area (Å²) in [4.78, 5) is 35.7. The van der Waals surface area contributed by atoms with Crippen molar-refractivity contribution in [2.24, 2.45) is 0 Å². The molecule has 3 amide bonds. The van der Waals surface area contributed by atoms with Gasteiger partial charge in [-0.05, 0) is 60.2 Å². The fourth-order valence-electron chi connectivity index (χ4n) is 4.73.